The Morgan fingerprint density at radius 3 is 2.56 bits per heavy atom. The van der Waals surface area contributed by atoms with Gasteiger partial charge in [-0.3, -0.25) is 0 Å². The van der Waals surface area contributed by atoms with E-state index < -0.39 is 11.6 Å². The van der Waals surface area contributed by atoms with Crippen LogP contribution < -0.4 is 5.32 Å². The molecule has 0 bridgehead atoms. The summed E-state index contributed by atoms with van der Waals surface area (Å²) in [4.78, 5) is 0. The second kappa shape index (κ2) is 5.35. The molecule has 0 aromatic heterocycles. The highest BCUT2D eigenvalue weighted by atomic mass is 79.9. The third-order valence-electron chi connectivity index (χ3n) is 2.42. The van der Waals surface area contributed by atoms with Gasteiger partial charge in [-0.15, -0.1) is 0 Å². The fourth-order valence-electron chi connectivity index (χ4n) is 1.49. The second-order valence-electron chi connectivity index (χ2n) is 3.76. The molecule has 2 aromatic carbocycles. The Bertz CT molecular complexity index is 575. The minimum absolute atomic E-state index is 0.268. The zero-order chi connectivity index (χ0) is 13.1. The summed E-state index contributed by atoms with van der Waals surface area (Å²) in [6.07, 6.45) is 0. The maximum Gasteiger partial charge on any atom is 0.165 e. The SMILES string of the molecule is Oc1ccc(CNc2cc(Br)ccc2F)cc1F. The van der Waals surface area contributed by atoms with Gasteiger partial charge in [-0.25, -0.2) is 8.78 Å². The van der Waals surface area contributed by atoms with Gasteiger partial charge in [0, 0.05) is 11.0 Å². The third-order valence-corrected chi connectivity index (χ3v) is 2.92. The Morgan fingerprint density at radius 2 is 1.83 bits per heavy atom. The van der Waals surface area contributed by atoms with Gasteiger partial charge in [0.15, 0.2) is 11.6 Å². The van der Waals surface area contributed by atoms with Crippen LogP contribution in [0.2, 0.25) is 0 Å². The van der Waals surface area contributed by atoms with Gasteiger partial charge in [-0.05, 0) is 35.9 Å². The number of aromatic hydroxyl groups is 1. The van der Waals surface area contributed by atoms with Crippen LogP contribution in [0.15, 0.2) is 40.9 Å². The van der Waals surface area contributed by atoms with E-state index in [0.29, 0.717) is 11.3 Å². The van der Waals surface area contributed by atoms with E-state index in [2.05, 4.69) is 21.2 Å². The highest BCUT2D eigenvalue weighted by Crippen LogP contribution is 2.21. The predicted octanol–water partition coefficient (Wildman–Crippen LogP) is 4.05. The van der Waals surface area contributed by atoms with Crippen LogP contribution in [-0.2, 0) is 6.54 Å². The number of rotatable bonds is 3. The normalized spacial score (nSPS) is 10.4. The van der Waals surface area contributed by atoms with Crippen LogP contribution in [0.25, 0.3) is 0 Å². The number of anilines is 1. The van der Waals surface area contributed by atoms with Crippen molar-refractivity contribution in [3.05, 3.63) is 58.1 Å². The maximum absolute atomic E-state index is 13.4. The van der Waals surface area contributed by atoms with Crippen LogP contribution in [0.5, 0.6) is 5.75 Å². The van der Waals surface area contributed by atoms with Gasteiger partial charge in [0.2, 0.25) is 0 Å². The van der Waals surface area contributed by atoms with Crippen molar-refractivity contribution in [2.24, 2.45) is 0 Å². The first-order valence-electron chi connectivity index (χ1n) is 5.22. The summed E-state index contributed by atoms with van der Waals surface area (Å²) in [5, 5.41) is 11.9. The Hall–Kier alpha value is -1.62. The molecule has 0 fully saturated rings. The number of phenolic OH excluding ortho intramolecular Hbond substituents is 1. The molecular weight excluding hydrogens is 304 g/mol. The average molecular weight is 314 g/mol. The molecule has 94 valence electrons. The molecule has 0 spiro atoms. The predicted molar refractivity (Wildman–Crippen MR) is 69.5 cm³/mol. The van der Waals surface area contributed by atoms with E-state index in [0.717, 1.165) is 4.47 Å². The molecule has 0 radical (unpaired) electrons. The van der Waals surface area contributed by atoms with Crippen molar-refractivity contribution in [3.63, 3.8) is 0 Å². The number of hydrogen-bond donors (Lipinski definition) is 2. The highest BCUT2D eigenvalue weighted by molar-refractivity contribution is 9.10. The van der Waals surface area contributed by atoms with Crippen LogP contribution in [0, 0.1) is 11.6 Å². The van der Waals surface area contributed by atoms with Gasteiger partial charge in [-0.2, -0.15) is 0 Å². The van der Waals surface area contributed by atoms with Crippen LogP contribution in [0.4, 0.5) is 14.5 Å². The van der Waals surface area contributed by atoms with Gasteiger partial charge >= 0.3 is 0 Å². The molecule has 0 aliphatic heterocycles. The van der Waals surface area contributed by atoms with Crippen molar-refractivity contribution in [3.8, 4) is 5.75 Å². The molecule has 2 rings (SSSR count). The summed E-state index contributed by atoms with van der Waals surface area (Å²) in [7, 11) is 0. The Kier molecular flexibility index (Phi) is 3.81. The highest BCUT2D eigenvalue weighted by Gasteiger charge is 2.04. The lowest BCUT2D eigenvalue weighted by atomic mass is 10.2. The second-order valence-corrected chi connectivity index (χ2v) is 4.68. The maximum atomic E-state index is 13.4. The Morgan fingerprint density at radius 1 is 1.06 bits per heavy atom. The monoisotopic (exact) mass is 313 g/mol. The average Bonchev–Trinajstić information content (AvgIpc) is 2.34. The molecule has 5 heteroatoms. The van der Waals surface area contributed by atoms with Crippen molar-refractivity contribution in [2.75, 3.05) is 5.32 Å². The number of benzene rings is 2. The molecule has 0 atom stereocenters. The largest absolute Gasteiger partial charge is 0.505 e. The fourth-order valence-corrected chi connectivity index (χ4v) is 1.85. The zero-order valence-electron chi connectivity index (χ0n) is 9.25. The topological polar surface area (TPSA) is 32.3 Å². The summed E-state index contributed by atoms with van der Waals surface area (Å²) >= 11 is 3.24. The summed E-state index contributed by atoms with van der Waals surface area (Å²) in [5.41, 5.74) is 0.947. The van der Waals surface area contributed by atoms with Crippen LogP contribution in [0.3, 0.4) is 0 Å². The van der Waals surface area contributed by atoms with Crippen molar-refractivity contribution in [2.45, 2.75) is 6.54 Å². The first kappa shape index (κ1) is 12.8. The minimum Gasteiger partial charge on any atom is -0.505 e. The molecule has 2 N–H and O–H groups in total. The fraction of sp³-hybridized carbons (Fsp3) is 0.0769. The molecule has 0 aliphatic carbocycles. The lowest BCUT2D eigenvalue weighted by molar-refractivity contribution is 0.432. The van der Waals surface area contributed by atoms with Crippen molar-refractivity contribution in [1.82, 2.24) is 0 Å². The summed E-state index contributed by atoms with van der Waals surface area (Å²) < 4.78 is 27.3. The smallest absolute Gasteiger partial charge is 0.165 e. The van der Waals surface area contributed by atoms with Crippen molar-refractivity contribution >= 4 is 21.6 Å². The molecule has 2 aromatic rings. The quantitative estimate of drug-likeness (QED) is 0.896. The third kappa shape index (κ3) is 2.98. The van der Waals surface area contributed by atoms with E-state index in [1.54, 1.807) is 18.2 Å². The summed E-state index contributed by atoms with van der Waals surface area (Å²) in [6, 6.07) is 8.58. The Labute approximate surface area is 111 Å². The number of nitrogens with one attached hydrogen (secondary N) is 1. The van der Waals surface area contributed by atoms with Gasteiger partial charge in [0.1, 0.15) is 5.82 Å². The molecule has 0 unspecified atom stereocenters. The van der Waals surface area contributed by atoms with Crippen LogP contribution in [-0.4, -0.2) is 5.11 Å². The van der Waals surface area contributed by atoms with Gasteiger partial charge < -0.3 is 10.4 Å². The zero-order valence-corrected chi connectivity index (χ0v) is 10.8. The summed E-state index contributed by atoms with van der Waals surface area (Å²) in [5.74, 6) is -1.46. The van der Waals surface area contributed by atoms with Crippen molar-refractivity contribution in [1.29, 1.82) is 0 Å². The lowest BCUT2D eigenvalue weighted by Crippen LogP contribution is -2.01. The lowest BCUT2D eigenvalue weighted by Gasteiger charge is -2.08. The molecule has 0 saturated heterocycles. The molecule has 0 amide bonds. The molecule has 0 aliphatic rings. The standard InChI is InChI=1S/C13H10BrF2NO/c14-9-2-3-10(15)12(6-9)17-7-8-1-4-13(18)11(16)5-8/h1-6,17-18H,7H2. The van der Waals surface area contributed by atoms with E-state index >= 15 is 0 Å². The van der Waals surface area contributed by atoms with E-state index in [9.17, 15) is 8.78 Å². The summed E-state index contributed by atoms with van der Waals surface area (Å²) in [6.45, 7) is 0.268. The van der Waals surface area contributed by atoms with Gasteiger partial charge in [-0.1, -0.05) is 22.0 Å². The molecule has 0 heterocycles. The minimum atomic E-state index is -0.691. The molecular formula is C13H10BrF2NO. The molecule has 0 saturated carbocycles. The number of halogens is 3. The first-order valence-corrected chi connectivity index (χ1v) is 6.02. The molecule has 2 nitrogen and oxygen atoms in total. The van der Waals surface area contributed by atoms with E-state index in [1.807, 2.05) is 0 Å². The van der Waals surface area contributed by atoms with Crippen molar-refractivity contribution < 1.29 is 13.9 Å². The number of hydrogen-bond acceptors (Lipinski definition) is 2. The van der Waals surface area contributed by atoms with E-state index in [1.165, 1.54) is 18.2 Å². The van der Waals surface area contributed by atoms with Gasteiger partial charge in [0.25, 0.3) is 0 Å². The first-order chi connectivity index (χ1) is 8.56. The van der Waals surface area contributed by atoms with Crippen LogP contribution in [0.1, 0.15) is 5.56 Å². The molecule has 18 heavy (non-hydrogen) atoms. The van der Waals surface area contributed by atoms with E-state index in [4.69, 9.17) is 5.11 Å². The Balaban J connectivity index is 2.11. The van der Waals surface area contributed by atoms with E-state index in [-0.39, 0.29) is 12.4 Å². The van der Waals surface area contributed by atoms with Gasteiger partial charge in [0.05, 0.1) is 5.69 Å². The van der Waals surface area contributed by atoms with Crippen LogP contribution >= 0.6 is 15.9 Å². The number of phenols is 1.